The highest BCUT2D eigenvalue weighted by Gasteiger charge is 2.08. The van der Waals surface area contributed by atoms with E-state index < -0.39 is 0 Å². The number of para-hydroxylation sites is 1. The quantitative estimate of drug-likeness (QED) is 0.752. The Balaban J connectivity index is 2.10. The Hall–Kier alpha value is -0.450. The molecule has 0 bridgehead atoms. The van der Waals surface area contributed by atoms with Gasteiger partial charge in [0, 0.05) is 11.9 Å². The lowest BCUT2D eigenvalue weighted by Gasteiger charge is -2.18. The van der Waals surface area contributed by atoms with Gasteiger partial charge in [0.15, 0.2) is 0 Å². The molecule has 0 fully saturated rings. The molecule has 0 amide bonds. The van der Waals surface area contributed by atoms with Gasteiger partial charge in [-0.15, -0.1) is 11.3 Å². The van der Waals surface area contributed by atoms with Crippen molar-refractivity contribution in [3.63, 3.8) is 0 Å². The predicted molar refractivity (Wildman–Crippen MR) is 79.0 cm³/mol. The molecule has 2 rings (SSSR count). The van der Waals surface area contributed by atoms with Crippen molar-refractivity contribution in [1.29, 1.82) is 0 Å². The highest BCUT2D eigenvalue weighted by Crippen LogP contribution is 2.22. The number of hydrogen-bond donors (Lipinski definition) is 0. The lowest BCUT2D eigenvalue weighted by Crippen LogP contribution is -2.25. The standard InChI is InChI=1S/C13H17BrN2S/c1-2-8-16(9-7-14)10-13-15-11-5-3-4-6-12(11)17-13/h3-6H,2,7-10H2,1H3. The molecule has 2 aromatic rings. The van der Waals surface area contributed by atoms with Gasteiger partial charge in [0.1, 0.15) is 5.01 Å². The number of benzene rings is 1. The first-order valence-corrected chi connectivity index (χ1v) is 7.90. The van der Waals surface area contributed by atoms with Gasteiger partial charge in [-0.25, -0.2) is 4.98 Å². The van der Waals surface area contributed by atoms with Crippen molar-refractivity contribution in [1.82, 2.24) is 9.88 Å². The van der Waals surface area contributed by atoms with E-state index in [1.807, 2.05) is 17.4 Å². The minimum Gasteiger partial charge on any atom is -0.296 e. The summed E-state index contributed by atoms with van der Waals surface area (Å²) in [5, 5.41) is 2.25. The normalized spacial score (nSPS) is 11.5. The fourth-order valence-corrected chi connectivity index (χ4v) is 3.40. The molecule has 4 heteroatoms. The van der Waals surface area contributed by atoms with Gasteiger partial charge in [-0.2, -0.15) is 0 Å². The van der Waals surface area contributed by atoms with E-state index in [4.69, 9.17) is 0 Å². The molecule has 0 aliphatic heterocycles. The first-order chi connectivity index (χ1) is 8.33. The Morgan fingerprint density at radius 1 is 1.29 bits per heavy atom. The summed E-state index contributed by atoms with van der Waals surface area (Å²) in [4.78, 5) is 7.13. The topological polar surface area (TPSA) is 16.1 Å². The van der Waals surface area contributed by atoms with Crippen molar-refractivity contribution in [3.05, 3.63) is 29.3 Å². The third-order valence-electron chi connectivity index (χ3n) is 2.64. The fraction of sp³-hybridized carbons (Fsp3) is 0.462. The van der Waals surface area contributed by atoms with Gasteiger partial charge in [0.05, 0.1) is 16.8 Å². The van der Waals surface area contributed by atoms with E-state index in [-0.39, 0.29) is 0 Å². The summed E-state index contributed by atoms with van der Waals surface area (Å²) in [6, 6.07) is 8.36. The van der Waals surface area contributed by atoms with E-state index in [9.17, 15) is 0 Å². The van der Waals surface area contributed by atoms with Gasteiger partial charge in [0.2, 0.25) is 0 Å². The molecule has 0 radical (unpaired) electrons. The lowest BCUT2D eigenvalue weighted by atomic mass is 10.3. The molecule has 2 nitrogen and oxygen atoms in total. The predicted octanol–water partition coefficient (Wildman–Crippen LogP) is 3.90. The van der Waals surface area contributed by atoms with Crippen molar-refractivity contribution in [3.8, 4) is 0 Å². The zero-order valence-corrected chi connectivity index (χ0v) is 12.4. The monoisotopic (exact) mass is 312 g/mol. The minimum atomic E-state index is 0.971. The first-order valence-electron chi connectivity index (χ1n) is 5.96. The Morgan fingerprint density at radius 3 is 2.82 bits per heavy atom. The van der Waals surface area contributed by atoms with Gasteiger partial charge in [-0.1, -0.05) is 35.0 Å². The number of fused-ring (bicyclic) bond motifs is 1. The maximum atomic E-state index is 4.68. The summed E-state index contributed by atoms with van der Waals surface area (Å²) in [7, 11) is 0. The zero-order valence-electron chi connectivity index (χ0n) is 10.0. The SMILES string of the molecule is CCCN(CCBr)Cc1nc2ccccc2s1. The second kappa shape index (κ2) is 6.47. The molecule has 0 N–H and O–H groups in total. The molecule has 0 spiro atoms. The summed E-state index contributed by atoms with van der Waals surface area (Å²) in [5.41, 5.74) is 1.13. The highest BCUT2D eigenvalue weighted by atomic mass is 79.9. The third kappa shape index (κ3) is 3.50. The number of rotatable bonds is 6. The maximum Gasteiger partial charge on any atom is 0.108 e. The summed E-state index contributed by atoms with van der Waals surface area (Å²) in [6.45, 7) is 5.42. The van der Waals surface area contributed by atoms with Crippen LogP contribution in [0.2, 0.25) is 0 Å². The summed E-state index contributed by atoms with van der Waals surface area (Å²) < 4.78 is 1.29. The van der Waals surface area contributed by atoms with Crippen LogP contribution in [0, 0.1) is 0 Å². The zero-order chi connectivity index (χ0) is 12.1. The minimum absolute atomic E-state index is 0.971. The van der Waals surface area contributed by atoms with Crippen molar-refractivity contribution in [2.45, 2.75) is 19.9 Å². The van der Waals surface area contributed by atoms with E-state index >= 15 is 0 Å². The molecule has 1 aromatic carbocycles. The summed E-state index contributed by atoms with van der Waals surface area (Å²) in [5.74, 6) is 0. The second-order valence-corrected chi connectivity index (χ2v) is 5.95. The number of aromatic nitrogens is 1. The molecule has 0 atom stereocenters. The van der Waals surface area contributed by atoms with Gasteiger partial charge in [0.25, 0.3) is 0 Å². The molecule has 0 aliphatic rings. The van der Waals surface area contributed by atoms with Crippen LogP contribution >= 0.6 is 27.3 Å². The van der Waals surface area contributed by atoms with E-state index in [2.05, 4.69) is 50.9 Å². The Labute approximate surface area is 115 Å². The molecular weight excluding hydrogens is 296 g/mol. The van der Waals surface area contributed by atoms with Gasteiger partial charge >= 0.3 is 0 Å². The van der Waals surface area contributed by atoms with Crippen LogP contribution in [-0.2, 0) is 6.54 Å². The fourth-order valence-electron chi connectivity index (χ4n) is 1.88. The van der Waals surface area contributed by atoms with Crippen LogP contribution in [0.4, 0.5) is 0 Å². The molecule has 0 saturated carbocycles. The van der Waals surface area contributed by atoms with E-state index in [0.717, 1.165) is 30.5 Å². The van der Waals surface area contributed by atoms with Crippen LogP contribution in [0.5, 0.6) is 0 Å². The van der Waals surface area contributed by atoms with Crippen LogP contribution in [0.3, 0.4) is 0 Å². The van der Waals surface area contributed by atoms with Crippen LogP contribution in [0.1, 0.15) is 18.4 Å². The molecule has 0 saturated heterocycles. The van der Waals surface area contributed by atoms with Crippen LogP contribution in [0.25, 0.3) is 10.2 Å². The lowest BCUT2D eigenvalue weighted by molar-refractivity contribution is 0.283. The van der Waals surface area contributed by atoms with Crippen molar-refractivity contribution in [2.24, 2.45) is 0 Å². The van der Waals surface area contributed by atoms with Crippen molar-refractivity contribution < 1.29 is 0 Å². The molecule has 92 valence electrons. The molecule has 17 heavy (non-hydrogen) atoms. The van der Waals surface area contributed by atoms with Crippen LogP contribution in [-0.4, -0.2) is 28.3 Å². The Bertz CT molecular complexity index is 430. The number of hydrogen-bond acceptors (Lipinski definition) is 3. The number of nitrogens with zero attached hydrogens (tertiary/aromatic N) is 2. The van der Waals surface area contributed by atoms with Crippen LogP contribution in [0.15, 0.2) is 24.3 Å². The van der Waals surface area contributed by atoms with Gasteiger partial charge < -0.3 is 0 Å². The highest BCUT2D eigenvalue weighted by molar-refractivity contribution is 9.09. The second-order valence-electron chi connectivity index (χ2n) is 4.04. The Morgan fingerprint density at radius 2 is 2.12 bits per heavy atom. The van der Waals surface area contributed by atoms with Gasteiger partial charge in [-0.05, 0) is 25.1 Å². The molecule has 1 aromatic heterocycles. The third-order valence-corrected chi connectivity index (χ3v) is 4.01. The van der Waals surface area contributed by atoms with Crippen molar-refractivity contribution >= 4 is 37.5 Å². The molecule has 1 heterocycles. The van der Waals surface area contributed by atoms with Crippen LogP contribution < -0.4 is 0 Å². The van der Waals surface area contributed by atoms with E-state index in [1.165, 1.54) is 16.1 Å². The average molecular weight is 313 g/mol. The number of halogens is 1. The molecular formula is C13H17BrN2S. The van der Waals surface area contributed by atoms with Gasteiger partial charge in [-0.3, -0.25) is 4.90 Å². The summed E-state index contributed by atoms with van der Waals surface area (Å²) >= 11 is 5.32. The number of thiazole rings is 1. The van der Waals surface area contributed by atoms with E-state index in [1.54, 1.807) is 0 Å². The summed E-state index contributed by atoms with van der Waals surface area (Å²) in [6.07, 6.45) is 1.19. The average Bonchev–Trinajstić information content (AvgIpc) is 2.71. The molecule has 0 unspecified atom stereocenters. The van der Waals surface area contributed by atoms with E-state index in [0.29, 0.717) is 0 Å². The Kier molecular flexibility index (Phi) is 4.95. The molecule has 0 aliphatic carbocycles. The largest absolute Gasteiger partial charge is 0.296 e. The maximum absolute atomic E-state index is 4.68. The van der Waals surface area contributed by atoms with Crippen molar-refractivity contribution in [2.75, 3.05) is 18.4 Å². The first kappa shape index (κ1) is 13.0. The number of alkyl halides is 1. The smallest absolute Gasteiger partial charge is 0.108 e.